The van der Waals surface area contributed by atoms with Gasteiger partial charge in [0.25, 0.3) is 0 Å². The molecule has 2 heterocycles. The van der Waals surface area contributed by atoms with Gasteiger partial charge in [0.1, 0.15) is 6.61 Å². The summed E-state index contributed by atoms with van der Waals surface area (Å²) in [7, 11) is 0. The van der Waals surface area contributed by atoms with Gasteiger partial charge >= 0.3 is 5.97 Å². The van der Waals surface area contributed by atoms with E-state index >= 15 is 0 Å². The number of anilines is 1. The first-order chi connectivity index (χ1) is 19.9. The molecule has 0 radical (unpaired) electrons. The predicted molar refractivity (Wildman–Crippen MR) is 160 cm³/mol. The summed E-state index contributed by atoms with van der Waals surface area (Å²) >= 11 is 1.45. The lowest BCUT2D eigenvalue weighted by molar-refractivity contribution is -0.141. The second kappa shape index (κ2) is 13.6. The topological polar surface area (TPSA) is 102 Å². The van der Waals surface area contributed by atoms with Crippen molar-refractivity contribution in [2.75, 3.05) is 18.1 Å². The number of hydrogen-bond acceptors (Lipinski definition) is 7. The van der Waals surface area contributed by atoms with Crippen LogP contribution >= 0.6 is 11.3 Å². The molecule has 41 heavy (non-hydrogen) atoms. The molecule has 0 aliphatic heterocycles. The predicted octanol–water partition coefficient (Wildman–Crippen LogP) is 6.84. The number of aromatic nitrogens is 2. The molecule has 8 nitrogen and oxygen atoms in total. The zero-order valence-electron chi connectivity index (χ0n) is 23.8. The molecule has 5 rings (SSSR count). The molecule has 1 atom stereocenters. The molecule has 0 bridgehead atoms. The van der Waals surface area contributed by atoms with Crippen molar-refractivity contribution in [3.8, 4) is 28.3 Å². The number of pyridine rings is 1. The fourth-order valence-corrected chi connectivity index (χ4v) is 6.50. The summed E-state index contributed by atoms with van der Waals surface area (Å²) in [6, 6.07) is 12.0. The Morgan fingerprint density at radius 1 is 1.05 bits per heavy atom. The van der Waals surface area contributed by atoms with Gasteiger partial charge in [0.05, 0.1) is 24.8 Å². The molecule has 1 N–H and O–H groups in total. The highest BCUT2D eigenvalue weighted by atomic mass is 32.1. The second-order valence-electron chi connectivity index (χ2n) is 11.3. The number of aliphatic carboxylic acids is 1. The fourth-order valence-electron chi connectivity index (χ4n) is 5.60. The standard InChI is InChI=1S/C32H39N3O5S/c1-21(2)39-15-16-40-29-14-11-23(19-33-29)26-9-5-6-10-27(26)28-20-41-32(34-28)35(25-12-13-25)31(38)24(18-30(36)37)17-22-7-3-4-8-22/h5-6,9-11,14,19-22,24-25H,3-4,7-8,12-13,15-18H2,1-2H3,(H,36,37)/t24-/m1/s1. The number of benzene rings is 1. The summed E-state index contributed by atoms with van der Waals surface area (Å²) in [5.74, 6) is -0.544. The van der Waals surface area contributed by atoms with E-state index in [0.717, 1.165) is 48.1 Å². The van der Waals surface area contributed by atoms with Crippen molar-refractivity contribution in [3.63, 3.8) is 0 Å². The summed E-state index contributed by atoms with van der Waals surface area (Å²) < 4.78 is 11.2. The number of carbonyl (C=O) groups excluding carboxylic acids is 1. The maximum atomic E-state index is 13.8. The molecule has 9 heteroatoms. The number of carbonyl (C=O) groups is 2. The molecule has 1 aromatic carbocycles. The van der Waals surface area contributed by atoms with E-state index in [9.17, 15) is 14.7 Å². The highest BCUT2D eigenvalue weighted by Gasteiger charge is 2.40. The lowest BCUT2D eigenvalue weighted by Crippen LogP contribution is -2.39. The molecule has 2 fully saturated rings. The Bertz CT molecular complexity index is 1310. The van der Waals surface area contributed by atoms with E-state index in [1.54, 1.807) is 11.1 Å². The summed E-state index contributed by atoms with van der Waals surface area (Å²) in [6.45, 7) is 4.93. The van der Waals surface area contributed by atoms with Gasteiger partial charge in [-0.25, -0.2) is 9.97 Å². The maximum absolute atomic E-state index is 13.8. The molecule has 2 aromatic heterocycles. The summed E-state index contributed by atoms with van der Waals surface area (Å²) in [4.78, 5) is 36.8. The number of carboxylic acid groups (broad SMARTS) is 1. The molecular weight excluding hydrogens is 538 g/mol. The molecule has 2 aliphatic carbocycles. The third-order valence-electron chi connectivity index (χ3n) is 7.75. The van der Waals surface area contributed by atoms with Gasteiger partial charge in [-0.1, -0.05) is 49.9 Å². The summed E-state index contributed by atoms with van der Waals surface area (Å²) in [5.41, 5.74) is 3.66. The van der Waals surface area contributed by atoms with Crippen molar-refractivity contribution in [2.45, 2.75) is 77.4 Å². The van der Waals surface area contributed by atoms with Gasteiger partial charge in [0.15, 0.2) is 5.13 Å². The first-order valence-electron chi connectivity index (χ1n) is 14.7. The van der Waals surface area contributed by atoms with Crippen molar-refractivity contribution in [2.24, 2.45) is 11.8 Å². The van der Waals surface area contributed by atoms with E-state index in [-0.39, 0.29) is 24.5 Å². The molecule has 2 saturated carbocycles. The van der Waals surface area contributed by atoms with Crippen LogP contribution in [0, 0.1) is 11.8 Å². The first-order valence-corrected chi connectivity index (χ1v) is 15.6. The third kappa shape index (κ3) is 7.71. The Labute approximate surface area is 245 Å². The minimum Gasteiger partial charge on any atom is -0.481 e. The minimum atomic E-state index is -0.917. The number of rotatable bonds is 14. The van der Waals surface area contributed by atoms with E-state index in [2.05, 4.69) is 4.98 Å². The molecule has 0 unspecified atom stereocenters. The van der Waals surface area contributed by atoms with Crippen LogP contribution in [0.15, 0.2) is 48.0 Å². The zero-order valence-corrected chi connectivity index (χ0v) is 24.6. The smallest absolute Gasteiger partial charge is 0.304 e. The van der Waals surface area contributed by atoms with Crippen molar-refractivity contribution < 1.29 is 24.2 Å². The molecule has 3 aromatic rings. The van der Waals surface area contributed by atoms with E-state index in [1.807, 2.05) is 55.6 Å². The van der Waals surface area contributed by atoms with Gasteiger partial charge in [-0.05, 0) is 50.7 Å². The normalized spacial score (nSPS) is 16.2. The number of nitrogens with zero attached hydrogens (tertiary/aromatic N) is 3. The summed E-state index contributed by atoms with van der Waals surface area (Å²) in [6.07, 6.45) is 8.81. The van der Waals surface area contributed by atoms with Gasteiger partial charge in [-0.15, -0.1) is 11.3 Å². The average Bonchev–Trinajstić information content (AvgIpc) is 3.43. The first kappa shape index (κ1) is 29.2. The van der Waals surface area contributed by atoms with E-state index in [4.69, 9.17) is 14.5 Å². The third-order valence-corrected chi connectivity index (χ3v) is 8.59. The number of carboxylic acids is 1. The van der Waals surface area contributed by atoms with Gasteiger partial charge in [-0.2, -0.15) is 0 Å². The Kier molecular flexibility index (Phi) is 9.67. The molecule has 2 aliphatic rings. The zero-order chi connectivity index (χ0) is 28.8. The molecule has 1 amide bonds. The van der Waals surface area contributed by atoms with Crippen molar-refractivity contribution in [1.82, 2.24) is 9.97 Å². The van der Waals surface area contributed by atoms with Crippen LogP contribution in [-0.4, -0.2) is 52.3 Å². The van der Waals surface area contributed by atoms with Crippen LogP contribution in [-0.2, 0) is 14.3 Å². The van der Waals surface area contributed by atoms with E-state index < -0.39 is 11.9 Å². The Hall–Kier alpha value is -3.30. The number of hydrogen-bond donors (Lipinski definition) is 1. The minimum absolute atomic E-state index is 0.0884. The lowest BCUT2D eigenvalue weighted by Gasteiger charge is -2.26. The number of thiazole rings is 1. The Morgan fingerprint density at radius 2 is 1.80 bits per heavy atom. The van der Waals surface area contributed by atoms with Crippen LogP contribution in [0.5, 0.6) is 5.88 Å². The van der Waals surface area contributed by atoms with Gasteiger partial charge in [0.2, 0.25) is 11.8 Å². The van der Waals surface area contributed by atoms with Crippen LogP contribution in [0.3, 0.4) is 0 Å². The SMILES string of the molecule is CC(C)OCCOc1ccc(-c2ccccc2-c2csc(N(C(=O)[C@@H](CC(=O)O)CC3CCCC3)C3CC3)n2)cn1. The molecule has 218 valence electrons. The molecular formula is C32H39N3O5S. The molecule has 0 spiro atoms. The van der Waals surface area contributed by atoms with Crippen molar-refractivity contribution in [1.29, 1.82) is 0 Å². The number of ether oxygens (including phenoxy) is 2. The van der Waals surface area contributed by atoms with Crippen LogP contribution < -0.4 is 9.64 Å². The van der Waals surface area contributed by atoms with Gasteiger partial charge in [0, 0.05) is 40.7 Å². The van der Waals surface area contributed by atoms with E-state index in [0.29, 0.717) is 36.6 Å². The highest BCUT2D eigenvalue weighted by molar-refractivity contribution is 7.14. The maximum Gasteiger partial charge on any atom is 0.304 e. The average molecular weight is 578 g/mol. The van der Waals surface area contributed by atoms with E-state index in [1.165, 1.54) is 24.2 Å². The van der Waals surface area contributed by atoms with Gasteiger partial charge in [-0.3, -0.25) is 14.5 Å². The van der Waals surface area contributed by atoms with Crippen LogP contribution in [0.2, 0.25) is 0 Å². The molecule has 0 saturated heterocycles. The Morgan fingerprint density at radius 3 is 2.46 bits per heavy atom. The summed E-state index contributed by atoms with van der Waals surface area (Å²) in [5, 5.41) is 12.2. The van der Waals surface area contributed by atoms with Crippen LogP contribution in [0.25, 0.3) is 22.4 Å². The number of amides is 1. The van der Waals surface area contributed by atoms with Crippen molar-refractivity contribution >= 4 is 28.3 Å². The highest BCUT2D eigenvalue weighted by Crippen LogP contribution is 2.40. The fraction of sp³-hybridized carbons (Fsp3) is 0.500. The largest absolute Gasteiger partial charge is 0.481 e. The lowest BCUT2D eigenvalue weighted by atomic mass is 9.90. The monoisotopic (exact) mass is 577 g/mol. The van der Waals surface area contributed by atoms with Crippen LogP contribution in [0.1, 0.15) is 65.2 Å². The van der Waals surface area contributed by atoms with Crippen molar-refractivity contribution in [3.05, 3.63) is 48.0 Å². The van der Waals surface area contributed by atoms with Gasteiger partial charge < -0.3 is 14.6 Å². The second-order valence-corrected chi connectivity index (χ2v) is 12.2. The van der Waals surface area contributed by atoms with Crippen LogP contribution in [0.4, 0.5) is 5.13 Å². The quantitative estimate of drug-likeness (QED) is 0.209. The Balaban J connectivity index is 1.34.